The van der Waals surface area contributed by atoms with Gasteiger partial charge in [0.2, 0.25) is 0 Å². The van der Waals surface area contributed by atoms with Crippen molar-refractivity contribution in [2.75, 3.05) is 31.5 Å². The topological polar surface area (TPSA) is 77.6 Å². The molecule has 1 aliphatic carbocycles. The quantitative estimate of drug-likeness (QED) is 0.501. The van der Waals surface area contributed by atoms with Crippen molar-refractivity contribution < 1.29 is 9.59 Å². The Labute approximate surface area is 215 Å². The maximum Gasteiger partial charge on any atom is 0.321 e. The van der Waals surface area contributed by atoms with E-state index in [1.807, 2.05) is 53.4 Å². The number of allylic oxidation sites excluding steroid dienone is 4. The van der Waals surface area contributed by atoms with E-state index in [4.69, 9.17) is 0 Å². The van der Waals surface area contributed by atoms with E-state index in [1.165, 1.54) is 16.9 Å². The SMILES string of the molecule is CC1=CC(C)CC(NC(=O)N2CCN(Cc3ccc(C(=O)Nc4nc5ccccc5s4)cc3)CC2)=C1. The van der Waals surface area contributed by atoms with Gasteiger partial charge in [0.25, 0.3) is 5.91 Å². The Bertz CT molecular complexity index is 1290. The summed E-state index contributed by atoms with van der Waals surface area (Å²) in [6, 6.07) is 15.5. The van der Waals surface area contributed by atoms with Crippen LogP contribution in [-0.4, -0.2) is 52.9 Å². The molecule has 0 saturated carbocycles. The van der Waals surface area contributed by atoms with Crippen molar-refractivity contribution in [1.29, 1.82) is 0 Å². The number of piperazine rings is 1. The van der Waals surface area contributed by atoms with E-state index < -0.39 is 0 Å². The number of urea groups is 1. The molecule has 5 rings (SSSR count). The zero-order chi connectivity index (χ0) is 25.1. The van der Waals surface area contributed by atoms with Crippen LogP contribution in [0.1, 0.15) is 36.2 Å². The molecule has 2 aromatic carbocycles. The number of hydrogen-bond donors (Lipinski definition) is 2. The second-order valence-electron chi connectivity index (χ2n) is 9.59. The summed E-state index contributed by atoms with van der Waals surface area (Å²) in [6.07, 6.45) is 5.17. The molecule has 7 nitrogen and oxygen atoms in total. The Morgan fingerprint density at radius 2 is 1.78 bits per heavy atom. The fraction of sp³-hybridized carbons (Fsp3) is 0.321. The standard InChI is InChI=1S/C28H31N5O2S/c1-19-15-20(2)17-23(16-19)29-28(35)33-13-11-32(12-14-33)18-21-7-9-22(10-8-21)26(34)31-27-30-24-5-3-4-6-25(24)36-27/h3-10,15-16,20H,11-14,17-18H2,1-2H3,(H,29,35)(H,30,31,34). The number of carbonyl (C=O) groups excluding carboxylic acids is 2. The van der Waals surface area contributed by atoms with Crippen LogP contribution in [0.15, 0.2) is 72.0 Å². The second kappa shape index (κ2) is 10.6. The van der Waals surface area contributed by atoms with E-state index in [0.29, 0.717) is 29.7 Å². The first-order valence-electron chi connectivity index (χ1n) is 12.4. The van der Waals surface area contributed by atoms with Gasteiger partial charge in [0.05, 0.1) is 10.2 Å². The van der Waals surface area contributed by atoms with E-state index in [2.05, 4.69) is 46.5 Å². The fourth-order valence-electron chi connectivity index (χ4n) is 4.76. The molecular formula is C28H31N5O2S. The lowest BCUT2D eigenvalue weighted by molar-refractivity contribution is 0.102. The number of para-hydroxylation sites is 1. The third-order valence-electron chi connectivity index (χ3n) is 6.55. The molecule has 0 spiro atoms. The molecule has 36 heavy (non-hydrogen) atoms. The molecule has 1 atom stereocenters. The number of fused-ring (bicyclic) bond motifs is 1. The molecule has 1 aliphatic heterocycles. The predicted octanol–water partition coefficient (Wildman–Crippen LogP) is 5.25. The van der Waals surface area contributed by atoms with Gasteiger partial charge >= 0.3 is 6.03 Å². The molecule has 1 saturated heterocycles. The van der Waals surface area contributed by atoms with Crippen LogP contribution in [0.3, 0.4) is 0 Å². The highest BCUT2D eigenvalue weighted by atomic mass is 32.1. The molecule has 1 fully saturated rings. The Morgan fingerprint density at radius 3 is 2.50 bits per heavy atom. The van der Waals surface area contributed by atoms with Gasteiger partial charge in [-0.05, 0) is 55.2 Å². The summed E-state index contributed by atoms with van der Waals surface area (Å²) < 4.78 is 1.05. The zero-order valence-corrected chi connectivity index (χ0v) is 21.5. The average molecular weight is 502 g/mol. The van der Waals surface area contributed by atoms with Crippen LogP contribution in [0.2, 0.25) is 0 Å². The van der Waals surface area contributed by atoms with Gasteiger partial charge in [-0.2, -0.15) is 0 Å². The molecule has 186 valence electrons. The van der Waals surface area contributed by atoms with Crippen molar-refractivity contribution in [3.63, 3.8) is 0 Å². The maximum atomic E-state index is 12.7. The van der Waals surface area contributed by atoms with Crippen molar-refractivity contribution in [3.8, 4) is 0 Å². The predicted molar refractivity (Wildman–Crippen MR) is 145 cm³/mol. The smallest absolute Gasteiger partial charge is 0.321 e. The van der Waals surface area contributed by atoms with Crippen LogP contribution in [0, 0.1) is 5.92 Å². The molecule has 2 N–H and O–H groups in total. The third-order valence-corrected chi connectivity index (χ3v) is 7.51. The number of anilines is 1. The number of nitrogens with zero attached hydrogens (tertiary/aromatic N) is 3. The van der Waals surface area contributed by atoms with E-state index in [1.54, 1.807) is 0 Å². The molecule has 1 aromatic heterocycles. The van der Waals surface area contributed by atoms with Crippen LogP contribution < -0.4 is 10.6 Å². The summed E-state index contributed by atoms with van der Waals surface area (Å²) in [5, 5.41) is 6.61. The van der Waals surface area contributed by atoms with Crippen LogP contribution in [0.5, 0.6) is 0 Å². The maximum absolute atomic E-state index is 12.7. The largest absolute Gasteiger partial charge is 0.322 e. The zero-order valence-electron chi connectivity index (χ0n) is 20.7. The van der Waals surface area contributed by atoms with Crippen molar-refractivity contribution in [1.82, 2.24) is 20.1 Å². The van der Waals surface area contributed by atoms with Crippen molar-refractivity contribution >= 4 is 38.6 Å². The third kappa shape index (κ3) is 5.83. The van der Waals surface area contributed by atoms with Gasteiger partial charge in [-0.15, -0.1) is 0 Å². The van der Waals surface area contributed by atoms with E-state index >= 15 is 0 Å². The first kappa shape index (κ1) is 24.2. The minimum absolute atomic E-state index is 0.00806. The van der Waals surface area contributed by atoms with Crippen molar-refractivity contribution in [2.45, 2.75) is 26.8 Å². The van der Waals surface area contributed by atoms with Gasteiger partial charge < -0.3 is 10.2 Å². The molecule has 2 aliphatic rings. The normalized spacial score (nSPS) is 18.5. The summed E-state index contributed by atoms with van der Waals surface area (Å²) >= 11 is 1.47. The number of nitrogens with one attached hydrogen (secondary N) is 2. The molecule has 1 unspecified atom stereocenters. The van der Waals surface area contributed by atoms with Crippen LogP contribution in [0.4, 0.5) is 9.93 Å². The van der Waals surface area contributed by atoms with Crippen LogP contribution >= 0.6 is 11.3 Å². The minimum Gasteiger partial charge on any atom is -0.322 e. The van der Waals surface area contributed by atoms with Crippen LogP contribution in [-0.2, 0) is 6.54 Å². The van der Waals surface area contributed by atoms with Gasteiger partial charge in [0.15, 0.2) is 5.13 Å². The number of benzene rings is 2. The minimum atomic E-state index is -0.159. The highest BCUT2D eigenvalue weighted by Crippen LogP contribution is 2.26. The lowest BCUT2D eigenvalue weighted by Gasteiger charge is -2.35. The molecule has 3 amide bonds. The Balaban J connectivity index is 1.10. The van der Waals surface area contributed by atoms with Gasteiger partial charge in [0, 0.05) is 44.0 Å². The number of hydrogen-bond acceptors (Lipinski definition) is 5. The van der Waals surface area contributed by atoms with E-state index in [9.17, 15) is 9.59 Å². The summed E-state index contributed by atoms with van der Waals surface area (Å²) in [4.78, 5) is 34.1. The Kier molecular flexibility index (Phi) is 7.16. The van der Waals surface area contributed by atoms with Crippen LogP contribution in [0.25, 0.3) is 10.2 Å². The Morgan fingerprint density at radius 1 is 1.03 bits per heavy atom. The lowest BCUT2D eigenvalue weighted by Crippen LogP contribution is -2.51. The van der Waals surface area contributed by atoms with Gasteiger partial charge in [-0.25, -0.2) is 9.78 Å². The second-order valence-corrected chi connectivity index (χ2v) is 10.6. The first-order chi connectivity index (χ1) is 17.4. The number of amides is 3. The summed E-state index contributed by atoms with van der Waals surface area (Å²) in [5.41, 5.74) is 4.85. The summed E-state index contributed by atoms with van der Waals surface area (Å²) in [6.45, 7) is 8.08. The summed E-state index contributed by atoms with van der Waals surface area (Å²) in [5.74, 6) is 0.292. The van der Waals surface area contributed by atoms with Gasteiger partial charge in [0.1, 0.15) is 0 Å². The molecular weight excluding hydrogens is 470 g/mol. The molecule has 0 bridgehead atoms. The Hall–Kier alpha value is -3.49. The number of carbonyl (C=O) groups is 2. The number of aromatic nitrogens is 1. The fourth-order valence-corrected chi connectivity index (χ4v) is 5.62. The highest BCUT2D eigenvalue weighted by Gasteiger charge is 2.22. The monoisotopic (exact) mass is 501 g/mol. The van der Waals surface area contributed by atoms with E-state index in [-0.39, 0.29) is 11.9 Å². The average Bonchev–Trinajstić information content (AvgIpc) is 3.26. The van der Waals surface area contributed by atoms with Crippen molar-refractivity contribution in [2.24, 2.45) is 5.92 Å². The number of rotatable bonds is 5. The van der Waals surface area contributed by atoms with Gasteiger partial charge in [-0.3, -0.25) is 15.0 Å². The summed E-state index contributed by atoms with van der Waals surface area (Å²) in [7, 11) is 0. The molecule has 2 heterocycles. The van der Waals surface area contributed by atoms with Gasteiger partial charge in [-0.1, -0.05) is 54.2 Å². The highest BCUT2D eigenvalue weighted by molar-refractivity contribution is 7.22. The first-order valence-corrected chi connectivity index (χ1v) is 13.2. The molecule has 0 radical (unpaired) electrons. The molecule has 3 aromatic rings. The van der Waals surface area contributed by atoms with Crippen molar-refractivity contribution in [3.05, 3.63) is 83.1 Å². The van der Waals surface area contributed by atoms with E-state index in [0.717, 1.165) is 47.5 Å². The lowest BCUT2D eigenvalue weighted by atomic mass is 9.96. The number of thiazole rings is 1. The molecule has 8 heteroatoms.